The Bertz CT molecular complexity index is 245. The van der Waals surface area contributed by atoms with Crippen molar-refractivity contribution in [3.05, 3.63) is 0 Å². The van der Waals surface area contributed by atoms with E-state index in [1.807, 2.05) is 0 Å². The van der Waals surface area contributed by atoms with Gasteiger partial charge in [-0.15, -0.1) is 0 Å². The number of nitrogens with two attached hydrogens (primary N) is 1. The van der Waals surface area contributed by atoms with Crippen molar-refractivity contribution in [3.63, 3.8) is 0 Å². The van der Waals surface area contributed by atoms with Crippen LogP contribution in [0.25, 0.3) is 0 Å². The molecule has 100 valence electrons. The number of hydrogen-bond acceptors (Lipinski definition) is 4. The second-order valence-electron chi connectivity index (χ2n) is 5.07. The molecule has 5 heteroatoms. The van der Waals surface area contributed by atoms with Gasteiger partial charge in [-0.2, -0.15) is 0 Å². The average Bonchev–Trinajstić information content (AvgIpc) is 2.50. The Hall–Kier alpha value is -0.650. The van der Waals surface area contributed by atoms with Crippen LogP contribution in [0.3, 0.4) is 0 Å². The topological polar surface area (TPSA) is 52.8 Å². The average molecular weight is 242 g/mol. The van der Waals surface area contributed by atoms with E-state index in [0.717, 1.165) is 32.6 Å². The lowest BCUT2D eigenvalue weighted by molar-refractivity contribution is -0.129. The van der Waals surface area contributed by atoms with Crippen LogP contribution in [0.15, 0.2) is 0 Å². The fourth-order valence-corrected chi connectivity index (χ4v) is 2.18. The molecule has 0 radical (unpaired) electrons. The van der Waals surface area contributed by atoms with E-state index in [2.05, 4.69) is 16.8 Å². The lowest BCUT2D eigenvalue weighted by atomic mass is 10.1. The predicted octanol–water partition coefficient (Wildman–Crippen LogP) is -0.570. The highest BCUT2D eigenvalue weighted by molar-refractivity contribution is 5.76. The number of hydrogen-bond donors (Lipinski definition) is 1. The van der Waals surface area contributed by atoms with Gasteiger partial charge in [-0.05, 0) is 26.6 Å². The molecule has 1 amide bonds. The molecule has 1 atom stereocenters. The Balaban J connectivity index is 2.51. The molecule has 2 N–H and O–H groups in total. The minimum Gasteiger partial charge on any atom is -0.349 e. The summed E-state index contributed by atoms with van der Waals surface area (Å²) in [5, 5.41) is 0. The van der Waals surface area contributed by atoms with Gasteiger partial charge in [0, 0.05) is 46.2 Å². The lowest BCUT2D eigenvalue weighted by Gasteiger charge is -2.30. The van der Waals surface area contributed by atoms with Crippen molar-refractivity contribution in [1.29, 1.82) is 0 Å². The summed E-state index contributed by atoms with van der Waals surface area (Å²) in [7, 11) is 5.74. The molecule has 1 fully saturated rings. The van der Waals surface area contributed by atoms with Crippen LogP contribution in [0.1, 0.15) is 12.8 Å². The molecule has 5 nitrogen and oxygen atoms in total. The van der Waals surface area contributed by atoms with Crippen molar-refractivity contribution in [1.82, 2.24) is 14.7 Å². The number of amides is 1. The molecule has 0 aromatic rings. The van der Waals surface area contributed by atoms with E-state index >= 15 is 0 Å². The molecule has 1 aliphatic heterocycles. The van der Waals surface area contributed by atoms with Crippen LogP contribution < -0.4 is 5.73 Å². The molecule has 1 aliphatic rings. The van der Waals surface area contributed by atoms with E-state index in [4.69, 9.17) is 5.73 Å². The number of carbonyl (C=O) groups is 1. The molecule has 0 aromatic heterocycles. The van der Waals surface area contributed by atoms with Gasteiger partial charge in [0.2, 0.25) is 5.91 Å². The normalized spacial score (nSPS) is 20.9. The highest BCUT2D eigenvalue weighted by atomic mass is 16.2. The first kappa shape index (κ1) is 14.4. The van der Waals surface area contributed by atoms with E-state index < -0.39 is 0 Å². The molecular weight excluding hydrogens is 216 g/mol. The second-order valence-corrected chi connectivity index (χ2v) is 5.07. The van der Waals surface area contributed by atoms with E-state index in [1.165, 1.54) is 0 Å². The van der Waals surface area contributed by atoms with Crippen LogP contribution in [0, 0.1) is 0 Å². The largest absolute Gasteiger partial charge is 0.349 e. The Kier molecular flexibility index (Phi) is 5.88. The second kappa shape index (κ2) is 6.93. The maximum absolute atomic E-state index is 11.7. The summed E-state index contributed by atoms with van der Waals surface area (Å²) in [5.74, 6) is 0.165. The maximum atomic E-state index is 11.7. The molecule has 1 saturated heterocycles. The maximum Gasteiger partial charge on any atom is 0.223 e. The van der Waals surface area contributed by atoms with Gasteiger partial charge in [0.25, 0.3) is 0 Å². The zero-order valence-corrected chi connectivity index (χ0v) is 11.4. The first-order valence-corrected chi connectivity index (χ1v) is 6.37. The van der Waals surface area contributed by atoms with Gasteiger partial charge < -0.3 is 15.5 Å². The van der Waals surface area contributed by atoms with Gasteiger partial charge in [-0.3, -0.25) is 9.69 Å². The number of likely N-dealkylation sites (N-methyl/N-ethyl adjacent to an activating group) is 1. The minimum atomic E-state index is 0.165. The van der Waals surface area contributed by atoms with Gasteiger partial charge in [0.1, 0.15) is 0 Å². The smallest absolute Gasteiger partial charge is 0.223 e. The van der Waals surface area contributed by atoms with E-state index in [0.29, 0.717) is 13.0 Å². The number of carbonyl (C=O) groups excluding carboxylic acids is 1. The number of rotatable bonds is 4. The molecule has 1 rings (SSSR count). The molecular formula is C12H26N4O. The highest BCUT2D eigenvalue weighted by Gasteiger charge is 2.22. The summed E-state index contributed by atoms with van der Waals surface area (Å²) in [6.07, 6.45) is 1.69. The zero-order chi connectivity index (χ0) is 12.8. The van der Waals surface area contributed by atoms with Crippen molar-refractivity contribution >= 4 is 5.91 Å². The first-order chi connectivity index (χ1) is 8.04. The van der Waals surface area contributed by atoms with Crippen molar-refractivity contribution in [2.45, 2.75) is 18.9 Å². The van der Waals surface area contributed by atoms with Crippen LogP contribution in [0.2, 0.25) is 0 Å². The quantitative estimate of drug-likeness (QED) is 0.717. The van der Waals surface area contributed by atoms with Gasteiger partial charge in [-0.25, -0.2) is 0 Å². The molecule has 0 aliphatic carbocycles. The number of nitrogens with zero attached hydrogens (tertiary/aromatic N) is 3. The van der Waals surface area contributed by atoms with Gasteiger partial charge in [0.05, 0.1) is 0 Å². The van der Waals surface area contributed by atoms with Crippen LogP contribution in [0.4, 0.5) is 0 Å². The third kappa shape index (κ3) is 4.61. The van der Waals surface area contributed by atoms with E-state index in [9.17, 15) is 4.79 Å². The summed E-state index contributed by atoms with van der Waals surface area (Å²) in [6, 6.07) is 0.191. The van der Waals surface area contributed by atoms with Crippen molar-refractivity contribution < 1.29 is 4.79 Å². The summed E-state index contributed by atoms with van der Waals surface area (Å²) in [6.45, 7) is 4.82. The Labute approximate surface area is 105 Å². The standard InChI is InChI=1S/C12H26N4O/c1-14(2)12(17)9-11(10-13)16-6-4-5-15(3)7-8-16/h11H,4-10,13H2,1-3H3. The Morgan fingerprint density at radius 1 is 1.29 bits per heavy atom. The van der Waals surface area contributed by atoms with Gasteiger partial charge in [-0.1, -0.05) is 0 Å². The van der Waals surface area contributed by atoms with Crippen molar-refractivity contribution in [2.75, 3.05) is 53.9 Å². The van der Waals surface area contributed by atoms with Crippen LogP contribution in [-0.2, 0) is 4.79 Å². The third-order valence-electron chi connectivity index (χ3n) is 3.45. The predicted molar refractivity (Wildman–Crippen MR) is 69.8 cm³/mol. The fourth-order valence-electron chi connectivity index (χ4n) is 2.18. The molecule has 1 heterocycles. The molecule has 0 aromatic carbocycles. The summed E-state index contributed by atoms with van der Waals surface area (Å²) >= 11 is 0. The van der Waals surface area contributed by atoms with Crippen LogP contribution in [-0.4, -0.2) is 80.5 Å². The Morgan fingerprint density at radius 3 is 2.59 bits per heavy atom. The minimum absolute atomic E-state index is 0.165. The van der Waals surface area contributed by atoms with Gasteiger partial charge >= 0.3 is 0 Å². The van der Waals surface area contributed by atoms with E-state index in [-0.39, 0.29) is 11.9 Å². The summed E-state index contributed by atoms with van der Waals surface area (Å²) in [5.41, 5.74) is 5.81. The SMILES string of the molecule is CN1CCCN(C(CN)CC(=O)N(C)C)CC1. The lowest BCUT2D eigenvalue weighted by Crippen LogP contribution is -2.45. The van der Waals surface area contributed by atoms with E-state index in [1.54, 1.807) is 19.0 Å². The summed E-state index contributed by atoms with van der Waals surface area (Å²) in [4.78, 5) is 18.1. The van der Waals surface area contributed by atoms with Crippen molar-refractivity contribution in [2.24, 2.45) is 5.73 Å². The van der Waals surface area contributed by atoms with Crippen LogP contribution in [0.5, 0.6) is 0 Å². The fraction of sp³-hybridized carbons (Fsp3) is 0.917. The molecule has 0 bridgehead atoms. The zero-order valence-electron chi connectivity index (χ0n) is 11.4. The Morgan fingerprint density at radius 2 is 2.00 bits per heavy atom. The highest BCUT2D eigenvalue weighted by Crippen LogP contribution is 2.09. The monoisotopic (exact) mass is 242 g/mol. The molecule has 1 unspecified atom stereocenters. The molecule has 0 spiro atoms. The third-order valence-corrected chi connectivity index (χ3v) is 3.45. The van der Waals surface area contributed by atoms with Gasteiger partial charge in [0.15, 0.2) is 0 Å². The first-order valence-electron chi connectivity index (χ1n) is 6.37. The van der Waals surface area contributed by atoms with Crippen molar-refractivity contribution in [3.8, 4) is 0 Å². The molecule has 0 saturated carbocycles. The molecule has 17 heavy (non-hydrogen) atoms. The summed E-state index contributed by atoms with van der Waals surface area (Å²) < 4.78 is 0. The van der Waals surface area contributed by atoms with Crippen LogP contribution >= 0.6 is 0 Å².